The monoisotopic (exact) mass is 379 g/mol. The van der Waals surface area contributed by atoms with Crippen molar-refractivity contribution in [2.45, 2.75) is 32.2 Å². The molecule has 2 N–H and O–H groups in total. The van der Waals surface area contributed by atoms with Gasteiger partial charge in [-0.2, -0.15) is 0 Å². The van der Waals surface area contributed by atoms with Gasteiger partial charge in [0, 0.05) is 17.5 Å². The lowest BCUT2D eigenvalue weighted by molar-refractivity contribution is -0.132. The van der Waals surface area contributed by atoms with Crippen LogP contribution in [0.2, 0.25) is 0 Å². The molecule has 28 heavy (non-hydrogen) atoms. The lowest BCUT2D eigenvalue weighted by Gasteiger charge is -2.23. The second-order valence-corrected chi connectivity index (χ2v) is 7.43. The number of carbonyl (C=O) groups is 2. The quantitative estimate of drug-likeness (QED) is 0.691. The van der Waals surface area contributed by atoms with E-state index in [9.17, 15) is 9.59 Å². The molecule has 3 rings (SSSR count). The van der Waals surface area contributed by atoms with Crippen LogP contribution in [-0.4, -0.2) is 29.8 Å². The van der Waals surface area contributed by atoms with Gasteiger partial charge in [-0.15, -0.1) is 0 Å². The summed E-state index contributed by atoms with van der Waals surface area (Å²) in [4.78, 5) is 23.4. The average molecular weight is 379 g/mol. The van der Waals surface area contributed by atoms with Crippen molar-refractivity contribution >= 4 is 12.1 Å². The first-order valence-electron chi connectivity index (χ1n) is 9.41. The van der Waals surface area contributed by atoms with Gasteiger partial charge in [0.05, 0.1) is 0 Å². The highest BCUT2D eigenvalue weighted by atomic mass is 16.5. The van der Waals surface area contributed by atoms with Gasteiger partial charge in [-0.25, -0.2) is 9.59 Å². The minimum Gasteiger partial charge on any atom is -0.478 e. The molecule has 5 nitrogen and oxygen atoms in total. The maximum absolute atomic E-state index is 12.4. The number of rotatable bonds is 7. The Morgan fingerprint density at radius 2 is 1.61 bits per heavy atom. The number of fused-ring (bicyclic) bond motifs is 3. The maximum atomic E-state index is 12.4. The van der Waals surface area contributed by atoms with Crippen LogP contribution < -0.4 is 5.32 Å². The van der Waals surface area contributed by atoms with E-state index < -0.39 is 12.1 Å². The number of carboxylic acids is 1. The molecule has 1 aliphatic carbocycles. The zero-order valence-corrected chi connectivity index (χ0v) is 16.1. The van der Waals surface area contributed by atoms with Crippen molar-refractivity contribution in [1.29, 1.82) is 0 Å². The number of alkyl carbamates (subject to hydrolysis) is 1. The fraction of sp³-hybridized carbons (Fsp3) is 0.304. The summed E-state index contributed by atoms with van der Waals surface area (Å²) >= 11 is 0. The third-order valence-corrected chi connectivity index (χ3v) is 5.22. The number of aliphatic carboxylic acids is 1. The molecule has 1 atom stereocenters. The molecule has 0 saturated heterocycles. The second kappa shape index (κ2) is 8.30. The predicted molar refractivity (Wildman–Crippen MR) is 108 cm³/mol. The summed E-state index contributed by atoms with van der Waals surface area (Å²) in [6.45, 7) is 7.62. The van der Waals surface area contributed by atoms with Gasteiger partial charge in [0.2, 0.25) is 0 Å². The zero-order chi connectivity index (χ0) is 20.3. The lowest BCUT2D eigenvalue weighted by atomic mass is 9.97. The van der Waals surface area contributed by atoms with Crippen LogP contribution in [0.3, 0.4) is 0 Å². The van der Waals surface area contributed by atoms with Crippen molar-refractivity contribution in [3.63, 3.8) is 0 Å². The van der Waals surface area contributed by atoms with Crippen LogP contribution in [0.15, 0.2) is 60.7 Å². The molecule has 2 aromatic carbocycles. The molecule has 0 heterocycles. The highest BCUT2D eigenvalue weighted by Crippen LogP contribution is 2.44. The van der Waals surface area contributed by atoms with E-state index in [-0.39, 0.29) is 36.5 Å². The molecule has 0 aliphatic heterocycles. The van der Waals surface area contributed by atoms with E-state index in [4.69, 9.17) is 9.84 Å². The Kier molecular flexibility index (Phi) is 5.83. The topological polar surface area (TPSA) is 75.6 Å². The molecule has 0 fully saturated rings. The molecule has 146 valence electrons. The number of benzene rings is 2. The third-order valence-electron chi connectivity index (χ3n) is 5.22. The fourth-order valence-corrected chi connectivity index (χ4v) is 3.60. The molecule has 0 aromatic heterocycles. The molecule has 0 bridgehead atoms. The third kappa shape index (κ3) is 4.09. The Morgan fingerprint density at radius 1 is 1.07 bits per heavy atom. The van der Waals surface area contributed by atoms with E-state index in [1.54, 1.807) is 0 Å². The number of carboxylic acid groups (broad SMARTS) is 1. The van der Waals surface area contributed by atoms with Crippen molar-refractivity contribution in [1.82, 2.24) is 5.32 Å². The minimum atomic E-state index is -1.06. The first-order valence-corrected chi connectivity index (χ1v) is 9.41. The highest BCUT2D eigenvalue weighted by molar-refractivity contribution is 5.86. The first kappa shape index (κ1) is 19.7. The molecule has 2 aromatic rings. The van der Waals surface area contributed by atoms with Gasteiger partial charge in [0.1, 0.15) is 6.61 Å². The van der Waals surface area contributed by atoms with Crippen LogP contribution in [0.5, 0.6) is 0 Å². The van der Waals surface area contributed by atoms with Crippen molar-refractivity contribution in [3.8, 4) is 11.1 Å². The van der Waals surface area contributed by atoms with Crippen LogP contribution in [0, 0.1) is 5.92 Å². The highest BCUT2D eigenvalue weighted by Gasteiger charge is 2.29. The standard InChI is InChI=1S/C23H25NO4/c1-14(2)21(12-15(3)22(25)26)24-23(27)28-13-20-18-10-6-4-8-16(18)17-9-5-7-11-19(17)20/h4-11,14,20-21H,3,12-13H2,1-2H3,(H,24,27)(H,25,26)/t21-/m0/s1. The van der Waals surface area contributed by atoms with Gasteiger partial charge in [-0.05, 0) is 34.6 Å². The summed E-state index contributed by atoms with van der Waals surface area (Å²) in [5.74, 6) is -1.01. The Hall–Kier alpha value is -3.08. The maximum Gasteiger partial charge on any atom is 0.407 e. The van der Waals surface area contributed by atoms with Crippen molar-refractivity contribution in [2.24, 2.45) is 5.92 Å². The summed E-state index contributed by atoms with van der Waals surface area (Å²) in [6.07, 6.45) is -0.365. The van der Waals surface area contributed by atoms with E-state index in [1.807, 2.05) is 38.1 Å². The number of ether oxygens (including phenoxy) is 1. The first-order chi connectivity index (χ1) is 13.4. The second-order valence-electron chi connectivity index (χ2n) is 7.43. The number of amides is 1. The largest absolute Gasteiger partial charge is 0.478 e. The summed E-state index contributed by atoms with van der Waals surface area (Å²) in [6, 6.07) is 15.9. The van der Waals surface area contributed by atoms with Crippen LogP contribution in [0.25, 0.3) is 11.1 Å². The number of hydrogen-bond donors (Lipinski definition) is 2. The van der Waals surface area contributed by atoms with E-state index in [0.29, 0.717) is 0 Å². The van der Waals surface area contributed by atoms with Gasteiger partial charge < -0.3 is 15.2 Å². The van der Waals surface area contributed by atoms with E-state index in [1.165, 1.54) is 11.1 Å². The normalized spacial score (nSPS) is 13.5. The van der Waals surface area contributed by atoms with Crippen LogP contribution >= 0.6 is 0 Å². The van der Waals surface area contributed by atoms with Crippen LogP contribution in [0.1, 0.15) is 37.3 Å². The lowest BCUT2D eigenvalue weighted by Crippen LogP contribution is -2.40. The van der Waals surface area contributed by atoms with E-state index >= 15 is 0 Å². The zero-order valence-electron chi connectivity index (χ0n) is 16.1. The molecule has 1 amide bonds. The molecule has 0 saturated carbocycles. The summed E-state index contributed by atoms with van der Waals surface area (Å²) in [7, 11) is 0. The van der Waals surface area contributed by atoms with Crippen molar-refractivity contribution < 1.29 is 19.4 Å². The minimum absolute atomic E-state index is 0.00960. The number of hydrogen-bond acceptors (Lipinski definition) is 3. The summed E-state index contributed by atoms with van der Waals surface area (Å²) in [5.41, 5.74) is 4.71. The van der Waals surface area contributed by atoms with E-state index in [2.05, 4.69) is 36.2 Å². The summed E-state index contributed by atoms with van der Waals surface area (Å²) < 4.78 is 5.54. The van der Waals surface area contributed by atoms with Crippen molar-refractivity contribution in [2.75, 3.05) is 6.61 Å². The smallest absolute Gasteiger partial charge is 0.407 e. The number of carbonyl (C=O) groups excluding carboxylic acids is 1. The van der Waals surface area contributed by atoms with Gasteiger partial charge in [-0.1, -0.05) is 69.0 Å². The Balaban J connectivity index is 1.67. The molecule has 0 spiro atoms. The van der Waals surface area contributed by atoms with Gasteiger partial charge in [-0.3, -0.25) is 0 Å². The van der Waals surface area contributed by atoms with E-state index in [0.717, 1.165) is 11.1 Å². The molecular formula is C23H25NO4. The SMILES string of the molecule is C=C(C[C@H](NC(=O)OCC1c2ccccc2-c2ccccc21)C(C)C)C(=O)O. The Labute approximate surface area is 165 Å². The molecule has 0 unspecified atom stereocenters. The van der Waals surface area contributed by atoms with Crippen LogP contribution in [-0.2, 0) is 9.53 Å². The molecule has 0 radical (unpaired) electrons. The summed E-state index contributed by atoms with van der Waals surface area (Å²) in [5, 5.41) is 11.8. The van der Waals surface area contributed by atoms with Gasteiger partial charge >= 0.3 is 12.1 Å². The predicted octanol–water partition coefficient (Wildman–Crippen LogP) is 4.58. The Bertz CT molecular complexity index is 857. The molecule has 1 aliphatic rings. The van der Waals surface area contributed by atoms with Gasteiger partial charge in [0.25, 0.3) is 0 Å². The fourth-order valence-electron chi connectivity index (χ4n) is 3.60. The number of nitrogens with one attached hydrogen (secondary N) is 1. The Morgan fingerprint density at radius 3 is 2.11 bits per heavy atom. The molecule has 5 heteroatoms. The van der Waals surface area contributed by atoms with Gasteiger partial charge in [0.15, 0.2) is 0 Å². The average Bonchev–Trinajstić information content (AvgIpc) is 2.99. The van der Waals surface area contributed by atoms with Crippen molar-refractivity contribution in [3.05, 3.63) is 71.8 Å². The molecular weight excluding hydrogens is 354 g/mol. The van der Waals surface area contributed by atoms with Crippen LogP contribution in [0.4, 0.5) is 4.79 Å².